The molecule has 0 spiro atoms. The van der Waals surface area contributed by atoms with Crippen LogP contribution in [0.15, 0.2) is 12.3 Å². The molecule has 0 radical (unpaired) electrons. The third kappa shape index (κ3) is 1.81. The number of thiophene rings is 1. The summed E-state index contributed by atoms with van der Waals surface area (Å²) < 4.78 is 0. The molecule has 1 aliphatic rings. The van der Waals surface area contributed by atoms with Gasteiger partial charge in [0.1, 0.15) is 4.83 Å². The summed E-state index contributed by atoms with van der Waals surface area (Å²) in [4.78, 5) is 2.81. The lowest BCUT2D eigenvalue weighted by Crippen LogP contribution is -1.93. The minimum Gasteiger partial charge on any atom is -0.268 e. The van der Waals surface area contributed by atoms with Crippen LogP contribution >= 0.6 is 11.3 Å². The van der Waals surface area contributed by atoms with E-state index >= 15 is 0 Å². The summed E-state index contributed by atoms with van der Waals surface area (Å²) in [7, 11) is 0. The van der Waals surface area contributed by atoms with Gasteiger partial charge in [-0.1, -0.05) is 25.7 Å². The molecule has 1 aliphatic carbocycles. The molecule has 1 fully saturated rings. The Morgan fingerprint density at radius 2 is 2.00 bits per heavy atom. The summed E-state index contributed by atoms with van der Waals surface area (Å²) >= 11 is 1.90. The molecular formula is C12H16N2S. The fourth-order valence-electron chi connectivity index (χ4n) is 2.53. The highest BCUT2D eigenvalue weighted by Gasteiger charge is 2.17. The van der Waals surface area contributed by atoms with Gasteiger partial charge < -0.3 is 0 Å². The van der Waals surface area contributed by atoms with E-state index in [9.17, 15) is 0 Å². The smallest absolute Gasteiger partial charge is 0.118 e. The first-order valence-corrected chi connectivity index (χ1v) is 6.68. The van der Waals surface area contributed by atoms with Crippen LogP contribution in [0.25, 0.3) is 10.2 Å². The molecule has 1 N–H and O–H groups in total. The van der Waals surface area contributed by atoms with Gasteiger partial charge >= 0.3 is 0 Å². The van der Waals surface area contributed by atoms with Gasteiger partial charge in [0.05, 0.1) is 6.20 Å². The van der Waals surface area contributed by atoms with Gasteiger partial charge in [-0.05, 0) is 24.8 Å². The molecular weight excluding hydrogens is 204 g/mol. The van der Waals surface area contributed by atoms with E-state index in [0.717, 1.165) is 5.92 Å². The Kier molecular flexibility index (Phi) is 2.49. The lowest BCUT2D eigenvalue weighted by molar-refractivity contribution is 0.602. The van der Waals surface area contributed by atoms with Gasteiger partial charge in [0.25, 0.3) is 0 Å². The van der Waals surface area contributed by atoms with Crippen LogP contribution in [-0.4, -0.2) is 10.2 Å². The maximum Gasteiger partial charge on any atom is 0.118 e. The van der Waals surface area contributed by atoms with E-state index in [1.54, 1.807) is 4.88 Å². The maximum absolute atomic E-state index is 4.05. The van der Waals surface area contributed by atoms with E-state index in [0.29, 0.717) is 0 Å². The summed E-state index contributed by atoms with van der Waals surface area (Å²) in [6, 6.07) is 2.33. The van der Waals surface area contributed by atoms with Crippen LogP contribution in [0, 0.1) is 0 Å². The van der Waals surface area contributed by atoms with Crippen LogP contribution in [-0.2, 0) is 0 Å². The van der Waals surface area contributed by atoms with Crippen molar-refractivity contribution in [3.8, 4) is 0 Å². The number of fused-ring (bicyclic) bond motifs is 1. The molecule has 2 heterocycles. The van der Waals surface area contributed by atoms with Crippen molar-refractivity contribution in [2.45, 2.75) is 44.4 Å². The average Bonchev–Trinajstić information content (AvgIpc) is 2.70. The van der Waals surface area contributed by atoms with E-state index in [1.165, 1.54) is 48.7 Å². The quantitative estimate of drug-likeness (QED) is 0.721. The molecule has 0 amide bonds. The highest BCUT2D eigenvalue weighted by molar-refractivity contribution is 7.18. The Morgan fingerprint density at radius 3 is 2.73 bits per heavy atom. The largest absolute Gasteiger partial charge is 0.268 e. The summed E-state index contributed by atoms with van der Waals surface area (Å²) in [6.07, 6.45) is 10.4. The van der Waals surface area contributed by atoms with Gasteiger partial charge in [0, 0.05) is 10.3 Å². The van der Waals surface area contributed by atoms with Crippen molar-refractivity contribution in [1.29, 1.82) is 0 Å². The van der Waals surface area contributed by atoms with Crippen LogP contribution in [0.2, 0.25) is 0 Å². The standard InChI is InChI=1S/C12H16N2S/c1-2-4-6-9(5-3-1)11-7-10-8-13-14-12(10)15-11/h7-9H,1-6H2,(H,13,14). The van der Waals surface area contributed by atoms with Crippen LogP contribution < -0.4 is 0 Å². The third-order valence-corrected chi connectivity index (χ3v) is 4.63. The van der Waals surface area contributed by atoms with Gasteiger partial charge in [0.2, 0.25) is 0 Å². The van der Waals surface area contributed by atoms with Crippen molar-refractivity contribution in [1.82, 2.24) is 10.2 Å². The molecule has 80 valence electrons. The van der Waals surface area contributed by atoms with Crippen LogP contribution in [0.3, 0.4) is 0 Å². The fourth-order valence-corrected chi connectivity index (χ4v) is 3.69. The van der Waals surface area contributed by atoms with E-state index < -0.39 is 0 Å². The van der Waals surface area contributed by atoms with Gasteiger partial charge in [-0.25, -0.2) is 0 Å². The fraction of sp³-hybridized carbons (Fsp3) is 0.583. The Balaban J connectivity index is 1.88. The minimum absolute atomic E-state index is 0.818. The SMILES string of the molecule is c1n[nH]c2sc(C3CCCCCC3)cc12. The molecule has 0 aromatic carbocycles. The highest BCUT2D eigenvalue weighted by atomic mass is 32.1. The zero-order valence-corrected chi connectivity index (χ0v) is 9.65. The van der Waals surface area contributed by atoms with E-state index in [-0.39, 0.29) is 0 Å². The zero-order valence-electron chi connectivity index (χ0n) is 8.83. The Hall–Kier alpha value is -0.830. The van der Waals surface area contributed by atoms with Crippen molar-refractivity contribution in [3.63, 3.8) is 0 Å². The second-order valence-corrected chi connectivity index (χ2v) is 5.58. The topological polar surface area (TPSA) is 28.7 Å². The molecule has 2 nitrogen and oxygen atoms in total. The second-order valence-electron chi connectivity index (χ2n) is 4.49. The molecule has 0 bridgehead atoms. The monoisotopic (exact) mass is 220 g/mol. The third-order valence-electron chi connectivity index (χ3n) is 3.41. The number of nitrogens with one attached hydrogen (secondary N) is 1. The number of aromatic nitrogens is 2. The zero-order chi connectivity index (χ0) is 10.1. The number of rotatable bonds is 1. The first kappa shape index (κ1) is 9.40. The number of H-pyrrole nitrogens is 1. The molecule has 3 rings (SSSR count). The molecule has 0 unspecified atom stereocenters. The molecule has 2 aromatic heterocycles. The highest BCUT2D eigenvalue weighted by Crippen LogP contribution is 2.37. The number of hydrogen-bond donors (Lipinski definition) is 1. The van der Waals surface area contributed by atoms with E-state index in [2.05, 4.69) is 16.3 Å². The number of aromatic amines is 1. The van der Waals surface area contributed by atoms with E-state index in [1.807, 2.05) is 17.5 Å². The summed E-state index contributed by atoms with van der Waals surface area (Å²) in [6.45, 7) is 0. The van der Waals surface area contributed by atoms with Crippen molar-refractivity contribution in [2.75, 3.05) is 0 Å². The maximum atomic E-state index is 4.05. The molecule has 0 atom stereocenters. The molecule has 0 saturated heterocycles. The van der Waals surface area contributed by atoms with E-state index in [4.69, 9.17) is 0 Å². The van der Waals surface area contributed by atoms with Crippen molar-refractivity contribution in [2.24, 2.45) is 0 Å². The molecule has 3 heteroatoms. The summed E-state index contributed by atoms with van der Waals surface area (Å²) in [5, 5.41) is 8.41. The second kappa shape index (κ2) is 3.97. The lowest BCUT2D eigenvalue weighted by atomic mass is 9.98. The molecule has 1 saturated carbocycles. The number of nitrogens with zero attached hydrogens (tertiary/aromatic N) is 1. The first-order valence-electron chi connectivity index (χ1n) is 5.86. The predicted octanol–water partition coefficient (Wildman–Crippen LogP) is 4.06. The molecule has 15 heavy (non-hydrogen) atoms. The summed E-state index contributed by atoms with van der Waals surface area (Å²) in [5.74, 6) is 0.818. The van der Waals surface area contributed by atoms with Gasteiger partial charge in [-0.2, -0.15) is 5.10 Å². The average molecular weight is 220 g/mol. The van der Waals surface area contributed by atoms with Crippen molar-refractivity contribution < 1.29 is 0 Å². The van der Waals surface area contributed by atoms with Crippen LogP contribution in [0.1, 0.15) is 49.3 Å². The lowest BCUT2D eigenvalue weighted by Gasteiger charge is -2.10. The molecule has 0 aliphatic heterocycles. The predicted molar refractivity (Wildman–Crippen MR) is 64.4 cm³/mol. The Morgan fingerprint density at radius 1 is 1.20 bits per heavy atom. The van der Waals surface area contributed by atoms with Gasteiger partial charge in [0.15, 0.2) is 0 Å². The van der Waals surface area contributed by atoms with Crippen molar-refractivity contribution in [3.05, 3.63) is 17.1 Å². The molecule has 2 aromatic rings. The number of hydrogen-bond acceptors (Lipinski definition) is 2. The Labute approximate surface area is 93.7 Å². The Bertz CT molecular complexity index is 407. The summed E-state index contributed by atoms with van der Waals surface area (Å²) in [5.41, 5.74) is 0. The normalized spacial score (nSPS) is 19.5. The van der Waals surface area contributed by atoms with Crippen LogP contribution in [0.5, 0.6) is 0 Å². The van der Waals surface area contributed by atoms with Crippen LogP contribution in [0.4, 0.5) is 0 Å². The van der Waals surface area contributed by atoms with Gasteiger partial charge in [-0.3, -0.25) is 5.10 Å². The van der Waals surface area contributed by atoms with Crippen molar-refractivity contribution >= 4 is 21.6 Å². The van der Waals surface area contributed by atoms with Gasteiger partial charge in [-0.15, -0.1) is 11.3 Å². The first-order chi connectivity index (χ1) is 7.43. The minimum atomic E-state index is 0.818.